The fourth-order valence-corrected chi connectivity index (χ4v) is 2.40. The van der Waals surface area contributed by atoms with E-state index in [1.807, 2.05) is 19.1 Å². The van der Waals surface area contributed by atoms with Crippen LogP contribution in [0.15, 0.2) is 36.0 Å². The predicted octanol–water partition coefficient (Wildman–Crippen LogP) is 2.55. The molecule has 0 aliphatic carbocycles. The van der Waals surface area contributed by atoms with Gasteiger partial charge in [-0.3, -0.25) is 4.79 Å². The number of halogens is 1. The maximum atomic E-state index is 11.9. The SMILES string of the molecule is C=CCn1nnnc1SCC(=O)Nc1ccc(C)c(Cl)c1. The van der Waals surface area contributed by atoms with Crippen LogP contribution in [0.4, 0.5) is 5.69 Å². The number of carbonyl (C=O) groups is 1. The Morgan fingerprint density at radius 3 is 3.10 bits per heavy atom. The summed E-state index contributed by atoms with van der Waals surface area (Å²) >= 11 is 7.28. The monoisotopic (exact) mass is 323 g/mol. The van der Waals surface area contributed by atoms with Crippen molar-refractivity contribution < 1.29 is 4.79 Å². The third kappa shape index (κ3) is 4.30. The van der Waals surface area contributed by atoms with Gasteiger partial charge in [0.1, 0.15) is 0 Å². The summed E-state index contributed by atoms with van der Waals surface area (Å²) in [6, 6.07) is 5.39. The van der Waals surface area contributed by atoms with Crippen LogP contribution in [0.2, 0.25) is 5.02 Å². The Kier molecular flexibility index (Phi) is 5.35. The highest BCUT2D eigenvalue weighted by Crippen LogP contribution is 2.20. The lowest BCUT2D eigenvalue weighted by atomic mass is 10.2. The number of thioether (sulfide) groups is 1. The van der Waals surface area contributed by atoms with Crippen LogP contribution in [0.1, 0.15) is 5.56 Å². The molecule has 0 fully saturated rings. The van der Waals surface area contributed by atoms with Gasteiger partial charge in [-0.25, -0.2) is 4.68 Å². The van der Waals surface area contributed by atoms with Gasteiger partial charge in [0, 0.05) is 10.7 Å². The first-order valence-electron chi connectivity index (χ1n) is 6.16. The lowest BCUT2D eigenvalue weighted by Crippen LogP contribution is -2.14. The predicted molar refractivity (Wildman–Crippen MR) is 83.6 cm³/mol. The molecule has 1 amide bonds. The Balaban J connectivity index is 1.91. The van der Waals surface area contributed by atoms with Crippen molar-refractivity contribution in [3.8, 4) is 0 Å². The van der Waals surface area contributed by atoms with E-state index in [0.717, 1.165) is 5.56 Å². The number of allylic oxidation sites excluding steroid dienone is 1. The first-order valence-corrected chi connectivity index (χ1v) is 7.52. The minimum Gasteiger partial charge on any atom is -0.325 e. The molecule has 0 aliphatic heterocycles. The molecule has 110 valence electrons. The second-order valence-corrected chi connectivity index (χ2v) is 5.58. The van der Waals surface area contributed by atoms with Gasteiger partial charge in [-0.1, -0.05) is 35.5 Å². The van der Waals surface area contributed by atoms with Crippen LogP contribution in [0, 0.1) is 6.92 Å². The van der Waals surface area contributed by atoms with Crippen molar-refractivity contribution in [1.82, 2.24) is 20.2 Å². The zero-order valence-electron chi connectivity index (χ0n) is 11.4. The number of hydrogen-bond donors (Lipinski definition) is 1. The average molecular weight is 324 g/mol. The number of aromatic nitrogens is 4. The molecular formula is C13H14ClN5OS. The number of benzene rings is 1. The number of hydrogen-bond acceptors (Lipinski definition) is 5. The van der Waals surface area contributed by atoms with E-state index in [1.165, 1.54) is 11.8 Å². The Labute approximate surface area is 131 Å². The molecule has 2 aromatic rings. The highest BCUT2D eigenvalue weighted by atomic mass is 35.5. The van der Waals surface area contributed by atoms with Gasteiger partial charge in [0.2, 0.25) is 11.1 Å². The second kappa shape index (κ2) is 7.24. The van der Waals surface area contributed by atoms with Gasteiger partial charge in [0.15, 0.2) is 0 Å². The van der Waals surface area contributed by atoms with Crippen LogP contribution in [-0.2, 0) is 11.3 Å². The molecule has 0 saturated carbocycles. The molecule has 0 atom stereocenters. The van der Waals surface area contributed by atoms with E-state index in [9.17, 15) is 4.79 Å². The molecule has 6 nitrogen and oxygen atoms in total. The first kappa shape index (κ1) is 15.5. The molecule has 1 aromatic carbocycles. The van der Waals surface area contributed by atoms with Crippen LogP contribution >= 0.6 is 23.4 Å². The van der Waals surface area contributed by atoms with Crippen molar-refractivity contribution in [1.29, 1.82) is 0 Å². The average Bonchev–Trinajstić information content (AvgIpc) is 2.89. The number of rotatable bonds is 6. The Morgan fingerprint density at radius 1 is 1.57 bits per heavy atom. The maximum Gasteiger partial charge on any atom is 0.234 e. The molecule has 1 N–H and O–H groups in total. The third-order valence-corrected chi connectivity index (χ3v) is 3.95. The maximum absolute atomic E-state index is 11.9. The van der Waals surface area contributed by atoms with Crippen molar-refractivity contribution >= 4 is 35.0 Å². The van der Waals surface area contributed by atoms with Gasteiger partial charge in [0.25, 0.3) is 0 Å². The Bertz CT molecular complexity index is 658. The summed E-state index contributed by atoms with van der Waals surface area (Å²) in [5.41, 5.74) is 1.63. The van der Waals surface area contributed by atoms with Gasteiger partial charge in [0.05, 0.1) is 12.3 Å². The van der Waals surface area contributed by atoms with E-state index in [1.54, 1.807) is 16.8 Å². The van der Waals surface area contributed by atoms with Crippen LogP contribution in [-0.4, -0.2) is 31.9 Å². The van der Waals surface area contributed by atoms with Crippen LogP contribution in [0.3, 0.4) is 0 Å². The molecule has 0 aliphatic rings. The first-order chi connectivity index (χ1) is 10.1. The molecule has 0 radical (unpaired) electrons. The topological polar surface area (TPSA) is 72.7 Å². The number of carbonyl (C=O) groups excluding carboxylic acids is 1. The van der Waals surface area contributed by atoms with E-state index in [4.69, 9.17) is 11.6 Å². The fourth-order valence-electron chi connectivity index (χ4n) is 1.53. The standard InChI is InChI=1S/C13H14ClN5OS/c1-3-6-19-13(16-17-18-19)21-8-12(20)15-10-5-4-9(2)11(14)7-10/h3-5,7H,1,6,8H2,2H3,(H,15,20). The second-order valence-electron chi connectivity index (χ2n) is 4.23. The summed E-state index contributed by atoms with van der Waals surface area (Å²) in [7, 11) is 0. The zero-order valence-corrected chi connectivity index (χ0v) is 13.0. The minimum atomic E-state index is -0.145. The molecular weight excluding hydrogens is 310 g/mol. The molecule has 1 heterocycles. The largest absolute Gasteiger partial charge is 0.325 e. The quantitative estimate of drug-likeness (QED) is 0.653. The van der Waals surface area contributed by atoms with Crippen molar-refractivity contribution in [2.24, 2.45) is 0 Å². The molecule has 21 heavy (non-hydrogen) atoms. The Morgan fingerprint density at radius 2 is 2.38 bits per heavy atom. The zero-order chi connectivity index (χ0) is 15.2. The summed E-state index contributed by atoms with van der Waals surface area (Å²) in [6.07, 6.45) is 1.69. The molecule has 0 saturated heterocycles. The number of anilines is 1. The van der Waals surface area contributed by atoms with Crippen LogP contribution < -0.4 is 5.32 Å². The summed E-state index contributed by atoms with van der Waals surface area (Å²) in [5, 5.41) is 15.2. The highest BCUT2D eigenvalue weighted by molar-refractivity contribution is 7.99. The number of tetrazole rings is 1. The number of nitrogens with one attached hydrogen (secondary N) is 1. The molecule has 8 heteroatoms. The summed E-state index contributed by atoms with van der Waals surface area (Å²) < 4.78 is 1.58. The lowest BCUT2D eigenvalue weighted by Gasteiger charge is -2.06. The summed E-state index contributed by atoms with van der Waals surface area (Å²) in [5.74, 6) is 0.0660. The van der Waals surface area contributed by atoms with Gasteiger partial charge in [-0.15, -0.1) is 11.7 Å². The minimum absolute atomic E-state index is 0.145. The lowest BCUT2D eigenvalue weighted by molar-refractivity contribution is -0.113. The van der Waals surface area contributed by atoms with E-state index in [0.29, 0.717) is 22.4 Å². The van der Waals surface area contributed by atoms with Crippen molar-refractivity contribution in [2.45, 2.75) is 18.6 Å². The van der Waals surface area contributed by atoms with E-state index >= 15 is 0 Å². The molecule has 0 unspecified atom stereocenters. The van der Waals surface area contributed by atoms with Crippen molar-refractivity contribution in [3.63, 3.8) is 0 Å². The van der Waals surface area contributed by atoms with Crippen molar-refractivity contribution in [2.75, 3.05) is 11.1 Å². The number of amides is 1. The Hall–Kier alpha value is -1.86. The van der Waals surface area contributed by atoms with Crippen LogP contribution in [0.5, 0.6) is 0 Å². The highest BCUT2D eigenvalue weighted by Gasteiger charge is 2.09. The molecule has 0 spiro atoms. The van der Waals surface area contributed by atoms with Gasteiger partial charge in [-0.2, -0.15) is 0 Å². The van der Waals surface area contributed by atoms with E-state index in [-0.39, 0.29) is 11.7 Å². The number of aryl methyl sites for hydroxylation is 1. The normalized spacial score (nSPS) is 10.4. The van der Waals surface area contributed by atoms with Crippen LogP contribution in [0.25, 0.3) is 0 Å². The fraction of sp³-hybridized carbons (Fsp3) is 0.231. The summed E-state index contributed by atoms with van der Waals surface area (Å²) in [6.45, 7) is 6.04. The van der Waals surface area contributed by atoms with Gasteiger partial charge < -0.3 is 5.32 Å². The van der Waals surface area contributed by atoms with E-state index < -0.39 is 0 Å². The van der Waals surface area contributed by atoms with Gasteiger partial charge in [-0.05, 0) is 35.0 Å². The summed E-state index contributed by atoms with van der Waals surface area (Å²) in [4.78, 5) is 11.9. The van der Waals surface area contributed by atoms with Crippen molar-refractivity contribution in [3.05, 3.63) is 41.4 Å². The smallest absolute Gasteiger partial charge is 0.234 e. The van der Waals surface area contributed by atoms with E-state index in [2.05, 4.69) is 27.4 Å². The van der Waals surface area contributed by atoms with Gasteiger partial charge >= 0.3 is 0 Å². The molecule has 2 rings (SSSR count). The molecule has 1 aromatic heterocycles. The third-order valence-electron chi connectivity index (χ3n) is 2.59. The molecule has 0 bridgehead atoms. The number of nitrogens with zero attached hydrogens (tertiary/aromatic N) is 4.